The van der Waals surface area contributed by atoms with Crippen LogP contribution in [0.15, 0.2) is 41.8 Å². The lowest BCUT2D eigenvalue weighted by molar-refractivity contribution is 0.318. The van der Waals surface area contributed by atoms with Gasteiger partial charge in [0.15, 0.2) is 5.84 Å². The number of benzene rings is 1. The zero-order valence-corrected chi connectivity index (χ0v) is 11.3. The second-order valence-corrected chi connectivity index (χ2v) is 4.49. The number of hydrogen-bond acceptors (Lipinski definition) is 4. The molecule has 2 rings (SSSR count). The van der Waals surface area contributed by atoms with E-state index in [1.165, 1.54) is 4.90 Å². The van der Waals surface area contributed by atoms with E-state index in [-0.39, 0.29) is 17.1 Å². The number of nitrogens with zero attached hydrogens (tertiary/aromatic N) is 3. The Morgan fingerprint density at radius 1 is 1.38 bits per heavy atom. The largest absolute Gasteiger partial charge is 0.409 e. The van der Waals surface area contributed by atoms with E-state index in [9.17, 15) is 8.78 Å². The van der Waals surface area contributed by atoms with Crippen LogP contribution in [0.3, 0.4) is 0 Å². The minimum atomic E-state index is -0.789. The molecular formula is C14H14F2N4O. The summed E-state index contributed by atoms with van der Waals surface area (Å²) >= 11 is 0. The summed E-state index contributed by atoms with van der Waals surface area (Å²) in [5, 5.41) is 11.3. The van der Waals surface area contributed by atoms with Crippen LogP contribution in [-0.4, -0.2) is 23.1 Å². The summed E-state index contributed by atoms with van der Waals surface area (Å²) in [6, 6.07) is 5.60. The highest BCUT2D eigenvalue weighted by atomic mass is 19.1. The Balaban J connectivity index is 2.31. The molecule has 0 unspecified atom stereocenters. The number of oxime groups is 1. The highest BCUT2D eigenvalue weighted by Crippen LogP contribution is 2.25. The van der Waals surface area contributed by atoms with Gasteiger partial charge in [0.05, 0.1) is 0 Å². The van der Waals surface area contributed by atoms with E-state index >= 15 is 0 Å². The van der Waals surface area contributed by atoms with E-state index in [0.29, 0.717) is 6.54 Å². The molecule has 1 aromatic carbocycles. The van der Waals surface area contributed by atoms with Crippen molar-refractivity contribution in [2.45, 2.75) is 6.54 Å². The number of amidine groups is 1. The van der Waals surface area contributed by atoms with Crippen LogP contribution in [-0.2, 0) is 6.54 Å². The molecule has 0 fully saturated rings. The molecular weight excluding hydrogens is 278 g/mol. The molecule has 0 saturated heterocycles. The predicted octanol–water partition coefficient (Wildman–Crippen LogP) is 2.09. The first-order valence-electron chi connectivity index (χ1n) is 6.10. The first-order chi connectivity index (χ1) is 10.0. The molecule has 0 bridgehead atoms. The number of rotatable bonds is 4. The van der Waals surface area contributed by atoms with Gasteiger partial charge in [-0.3, -0.25) is 4.98 Å². The number of anilines is 1. The topological polar surface area (TPSA) is 74.7 Å². The summed E-state index contributed by atoms with van der Waals surface area (Å²) in [5.41, 5.74) is 5.94. The molecule has 0 aliphatic heterocycles. The Labute approximate surface area is 120 Å². The van der Waals surface area contributed by atoms with Gasteiger partial charge in [0.2, 0.25) is 0 Å². The molecule has 7 heteroatoms. The van der Waals surface area contributed by atoms with Crippen molar-refractivity contribution in [3.05, 3.63) is 59.4 Å². The summed E-state index contributed by atoms with van der Waals surface area (Å²) in [6.45, 7) is 0.296. The maximum atomic E-state index is 14.1. The third kappa shape index (κ3) is 3.25. The average molecular weight is 292 g/mol. The Bertz CT molecular complexity index is 638. The van der Waals surface area contributed by atoms with Gasteiger partial charge in [0, 0.05) is 31.5 Å². The standard InChI is InChI=1S/C14H14F2N4O/c1-20(8-9-3-2-4-18-7-9)13-11(15)5-10(6-12(13)16)14(17)19-21/h2-7,21H,8H2,1H3,(H2,17,19). The molecule has 0 spiro atoms. The number of pyridine rings is 1. The summed E-state index contributed by atoms with van der Waals surface area (Å²) in [6.07, 6.45) is 3.24. The van der Waals surface area contributed by atoms with Gasteiger partial charge in [0.1, 0.15) is 17.3 Å². The first-order valence-corrected chi connectivity index (χ1v) is 6.10. The quantitative estimate of drug-likeness (QED) is 0.391. The van der Waals surface area contributed by atoms with Gasteiger partial charge >= 0.3 is 0 Å². The van der Waals surface area contributed by atoms with E-state index in [1.54, 1.807) is 25.5 Å². The van der Waals surface area contributed by atoms with Crippen molar-refractivity contribution in [3.63, 3.8) is 0 Å². The predicted molar refractivity (Wildman–Crippen MR) is 75.2 cm³/mol. The van der Waals surface area contributed by atoms with E-state index in [1.807, 2.05) is 6.07 Å². The zero-order chi connectivity index (χ0) is 15.4. The molecule has 110 valence electrons. The molecule has 5 nitrogen and oxygen atoms in total. The lowest BCUT2D eigenvalue weighted by Gasteiger charge is -2.21. The highest BCUT2D eigenvalue weighted by Gasteiger charge is 2.17. The Morgan fingerprint density at radius 3 is 2.57 bits per heavy atom. The van der Waals surface area contributed by atoms with Gasteiger partial charge in [-0.1, -0.05) is 11.2 Å². The van der Waals surface area contributed by atoms with E-state index < -0.39 is 11.6 Å². The van der Waals surface area contributed by atoms with Crippen molar-refractivity contribution < 1.29 is 14.0 Å². The SMILES string of the molecule is CN(Cc1cccnc1)c1c(F)cc(/C(N)=N/O)cc1F. The van der Waals surface area contributed by atoms with Gasteiger partial charge in [-0.25, -0.2) is 8.78 Å². The number of nitrogens with two attached hydrogens (primary N) is 1. The van der Waals surface area contributed by atoms with Crippen molar-refractivity contribution in [2.75, 3.05) is 11.9 Å². The minimum Gasteiger partial charge on any atom is -0.409 e. The second-order valence-electron chi connectivity index (χ2n) is 4.49. The molecule has 1 heterocycles. The van der Waals surface area contributed by atoms with Crippen molar-refractivity contribution in [1.82, 2.24) is 4.98 Å². The van der Waals surface area contributed by atoms with Crippen LogP contribution in [0.25, 0.3) is 0 Å². The molecule has 0 amide bonds. The van der Waals surface area contributed by atoms with E-state index in [4.69, 9.17) is 10.9 Å². The van der Waals surface area contributed by atoms with Crippen molar-refractivity contribution >= 4 is 11.5 Å². The highest BCUT2D eigenvalue weighted by molar-refractivity contribution is 5.97. The van der Waals surface area contributed by atoms with Gasteiger partial charge in [0.25, 0.3) is 0 Å². The maximum Gasteiger partial charge on any atom is 0.170 e. The lowest BCUT2D eigenvalue weighted by Crippen LogP contribution is -2.21. The van der Waals surface area contributed by atoms with Crippen LogP contribution in [0, 0.1) is 11.6 Å². The Morgan fingerprint density at radius 2 is 2.05 bits per heavy atom. The average Bonchev–Trinajstić information content (AvgIpc) is 2.46. The van der Waals surface area contributed by atoms with Crippen LogP contribution in [0.2, 0.25) is 0 Å². The summed E-state index contributed by atoms with van der Waals surface area (Å²) in [5.74, 6) is -1.93. The molecule has 0 radical (unpaired) electrons. The zero-order valence-electron chi connectivity index (χ0n) is 11.3. The van der Waals surface area contributed by atoms with Crippen LogP contribution in [0.1, 0.15) is 11.1 Å². The van der Waals surface area contributed by atoms with Crippen molar-refractivity contribution in [3.8, 4) is 0 Å². The number of hydrogen-bond donors (Lipinski definition) is 2. The normalized spacial score (nSPS) is 11.5. The van der Waals surface area contributed by atoms with E-state index in [2.05, 4.69) is 10.1 Å². The summed E-state index contributed by atoms with van der Waals surface area (Å²) in [7, 11) is 1.57. The van der Waals surface area contributed by atoms with Gasteiger partial charge in [-0.2, -0.15) is 0 Å². The van der Waals surface area contributed by atoms with Crippen LogP contribution in [0.4, 0.5) is 14.5 Å². The summed E-state index contributed by atoms with van der Waals surface area (Å²) in [4.78, 5) is 5.38. The molecule has 2 aromatic rings. The molecule has 0 saturated carbocycles. The lowest BCUT2D eigenvalue weighted by atomic mass is 10.1. The van der Waals surface area contributed by atoms with Gasteiger partial charge in [-0.05, 0) is 23.8 Å². The maximum absolute atomic E-state index is 14.1. The molecule has 3 N–H and O–H groups in total. The molecule has 0 atom stereocenters. The number of halogens is 2. The fourth-order valence-electron chi connectivity index (χ4n) is 1.98. The first kappa shape index (κ1) is 14.7. The Hall–Kier alpha value is -2.70. The third-order valence-corrected chi connectivity index (χ3v) is 2.94. The third-order valence-electron chi connectivity index (χ3n) is 2.94. The molecule has 1 aromatic heterocycles. The van der Waals surface area contributed by atoms with Gasteiger partial charge < -0.3 is 15.8 Å². The number of aromatic nitrogens is 1. The Kier molecular flexibility index (Phi) is 4.32. The van der Waals surface area contributed by atoms with Gasteiger partial charge in [-0.15, -0.1) is 0 Å². The van der Waals surface area contributed by atoms with Crippen LogP contribution >= 0.6 is 0 Å². The smallest absolute Gasteiger partial charge is 0.170 e. The minimum absolute atomic E-state index is 0.0222. The molecule has 0 aliphatic rings. The van der Waals surface area contributed by atoms with Crippen LogP contribution < -0.4 is 10.6 Å². The fourth-order valence-corrected chi connectivity index (χ4v) is 1.98. The van der Waals surface area contributed by atoms with E-state index in [0.717, 1.165) is 17.7 Å². The monoisotopic (exact) mass is 292 g/mol. The van der Waals surface area contributed by atoms with Crippen LogP contribution in [0.5, 0.6) is 0 Å². The molecule has 21 heavy (non-hydrogen) atoms. The van der Waals surface area contributed by atoms with Crippen molar-refractivity contribution in [2.24, 2.45) is 10.9 Å². The second kappa shape index (κ2) is 6.17. The molecule has 0 aliphatic carbocycles. The fraction of sp³-hybridized carbons (Fsp3) is 0.143. The van der Waals surface area contributed by atoms with Crippen molar-refractivity contribution in [1.29, 1.82) is 0 Å². The summed E-state index contributed by atoms with van der Waals surface area (Å²) < 4.78 is 28.1.